The van der Waals surface area contributed by atoms with Crippen LogP contribution in [0.2, 0.25) is 0 Å². The molecular weight excluding hydrogens is 519 g/mol. The molecule has 1 saturated heterocycles. The van der Waals surface area contributed by atoms with Gasteiger partial charge in [-0.15, -0.1) is 24.0 Å². The minimum Gasteiger partial charge on any atom is -0.496 e. The Morgan fingerprint density at radius 1 is 0.969 bits per heavy atom. The quantitative estimate of drug-likeness (QED) is 0.286. The van der Waals surface area contributed by atoms with Gasteiger partial charge >= 0.3 is 0 Å². The minimum absolute atomic E-state index is 0. The van der Waals surface area contributed by atoms with Crippen LogP contribution in [-0.4, -0.2) is 71.0 Å². The second kappa shape index (κ2) is 14.0. The first-order chi connectivity index (χ1) is 15.2. The third kappa shape index (κ3) is 7.30. The molecule has 0 atom stereocenters. The summed E-state index contributed by atoms with van der Waals surface area (Å²) in [6.45, 7) is 3.12. The number of methoxy groups -OCH3 is 3. The number of aliphatic imine (C=N–C) groups is 1. The van der Waals surface area contributed by atoms with Crippen molar-refractivity contribution in [2.75, 3.05) is 48.0 Å². The summed E-state index contributed by atoms with van der Waals surface area (Å²) in [5, 5.41) is 7.07. The number of nitrogens with one attached hydrogen (secondary N) is 2. The van der Waals surface area contributed by atoms with Crippen molar-refractivity contribution >= 4 is 29.9 Å². The monoisotopic (exact) mass is 560 g/mol. The standard InChI is InChI=1S/C24H40N4O3.HI/c1-25-24(27-18-11-14-28(15-12-18)19-8-6-5-7-9-19)26-13-10-21-22(30-3)16-20(29-2)17-23(21)31-4;/h16-19H,5-15H2,1-4H3,(H2,25,26,27);1H. The van der Waals surface area contributed by atoms with E-state index in [2.05, 4.69) is 20.5 Å². The highest BCUT2D eigenvalue weighted by atomic mass is 127. The van der Waals surface area contributed by atoms with E-state index in [-0.39, 0.29) is 24.0 Å². The zero-order chi connectivity index (χ0) is 22.1. The van der Waals surface area contributed by atoms with Crippen molar-refractivity contribution in [3.05, 3.63) is 17.7 Å². The highest BCUT2D eigenvalue weighted by molar-refractivity contribution is 14.0. The summed E-state index contributed by atoms with van der Waals surface area (Å²) in [6.07, 6.45) is 10.1. The van der Waals surface area contributed by atoms with Crippen LogP contribution in [0, 0.1) is 0 Å². The fourth-order valence-corrected chi connectivity index (χ4v) is 4.87. The predicted molar refractivity (Wildman–Crippen MR) is 141 cm³/mol. The molecule has 1 saturated carbocycles. The third-order valence-corrected chi connectivity index (χ3v) is 6.67. The fraction of sp³-hybridized carbons (Fsp3) is 0.708. The molecule has 8 heteroatoms. The Bertz CT molecular complexity index is 692. The second-order valence-electron chi connectivity index (χ2n) is 8.51. The van der Waals surface area contributed by atoms with Gasteiger partial charge in [-0.25, -0.2) is 0 Å². The minimum atomic E-state index is 0. The molecule has 1 aromatic carbocycles. The van der Waals surface area contributed by atoms with E-state index < -0.39 is 0 Å². The zero-order valence-corrected chi connectivity index (χ0v) is 22.4. The van der Waals surface area contributed by atoms with Gasteiger partial charge in [-0.05, 0) is 32.1 Å². The molecule has 0 amide bonds. The maximum Gasteiger partial charge on any atom is 0.191 e. The van der Waals surface area contributed by atoms with Crippen LogP contribution in [-0.2, 0) is 6.42 Å². The van der Waals surface area contributed by atoms with Crippen molar-refractivity contribution < 1.29 is 14.2 Å². The molecule has 7 nitrogen and oxygen atoms in total. The van der Waals surface area contributed by atoms with Gasteiger partial charge in [0.1, 0.15) is 17.2 Å². The number of likely N-dealkylation sites (tertiary alicyclic amines) is 1. The van der Waals surface area contributed by atoms with Gasteiger partial charge in [0.25, 0.3) is 0 Å². The lowest BCUT2D eigenvalue weighted by Gasteiger charge is -2.39. The van der Waals surface area contributed by atoms with Gasteiger partial charge in [0.15, 0.2) is 5.96 Å². The number of benzene rings is 1. The van der Waals surface area contributed by atoms with E-state index in [0.29, 0.717) is 6.04 Å². The predicted octanol–water partition coefficient (Wildman–Crippen LogP) is 3.84. The molecule has 2 fully saturated rings. The van der Waals surface area contributed by atoms with E-state index in [1.54, 1.807) is 21.3 Å². The first-order valence-corrected chi connectivity index (χ1v) is 11.7. The van der Waals surface area contributed by atoms with Gasteiger partial charge in [-0.3, -0.25) is 4.99 Å². The largest absolute Gasteiger partial charge is 0.496 e. The molecule has 0 bridgehead atoms. The molecule has 32 heavy (non-hydrogen) atoms. The third-order valence-electron chi connectivity index (χ3n) is 6.67. The molecule has 1 heterocycles. The fourth-order valence-electron chi connectivity index (χ4n) is 4.87. The summed E-state index contributed by atoms with van der Waals surface area (Å²) in [6, 6.07) is 5.09. The molecular formula is C24H41IN4O3. The van der Waals surface area contributed by atoms with Crippen LogP contribution in [0.15, 0.2) is 17.1 Å². The SMILES string of the molecule is CN=C(NCCc1c(OC)cc(OC)cc1OC)NC1CCN(C2CCCCC2)CC1.I. The molecule has 1 aliphatic carbocycles. The first kappa shape index (κ1) is 26.8. The Morgan fingerprint density at radius 3 is 2.12 bits per heavy atom. The smallest absolute Gasteiger partial charge is 0.191 e. The summed E-state index contributed by atoms with van der Waals surface area (Å²) < 4.78 is 16.5. The van der Waals surface area contributed by atoms with Gasteiger partial charge in [0.2, 0.25) is 0 Å². The number of halogens is 1. The summed E-state index contributed by atoms with van der Waals surface area (Å²) in [5.41, 5.74) is 1.02. The van der Waals surface area contributed by atoms with E-state index in [0.717, 1.165) is 47.8 Å². The van der Waals surface area contributed by atoms with Crippen LogP contribution in [0.3, 0.4) is 0 Å². The van der Waals surface area contributed by atoms with E-state index in [1.807, 2.05) is 19.2 Å². The summed E-state index contributed by atoms with van der Waals surface area (Å²) in [5.74, 6) is 3.14. The van der Waals surface area contributed by atoms with Crippen molar-refractivity contribution in [1.29, 1.82) is 0 Å². The number of hydrogen-bond acceptors (Lipinski definition) is 5. The number of piperidine rings is 1. The Morgan fingerprint density at radius 2 is 1.59 bits per heavy atom. The highest BCUT2D eigenvalue weighted by Gasteiger charge is 2.26. The van der Waals surface area contributed by atoms with Crippen LogP contribution in [0.1, 0.15) is 50.5 Å². The number of ether oxygens (including phenoxy) is 3. The molecule has 1 aliphatic heterocycles. The molecule has 0 radical (unpaired) electrons. The van der Waals surface area contributed by atoms with Crippen LogP contribution in [0.4, 0.5) is 0 Å². The molecule has 2 aliphatic rings. The Balaban J connectivity index is 0.00000363. The maximum atomic E-state index is 5.56. The second-order valence-corrected chi connectivity index (χ2v) is 8.51. The maximum absolute atomic E-state index is 5.56. The molecule has 2 N–H and O–H groups in total. The zero-order valence-electron chi connectivity index (χ0n) is 20.1. The Labute approximate surface area is 210 Å². The topological polar surface area (TPSA) is 67.4 Å². The van der Waals surface area contributed by atoms with Crippen molar-refractivity contribution in [3.8, 4) is 17.2 Å². The number of guanidine groups is 1. The molecule has 0 aromatic heterocycles. The Hall–Kier alpha value is -1.42. The number of rotatable bonds is 8. The van der Waals surface area contributed by atoms with E-state index >= 15 is 0 Å². The number of hydrogen-bond donors (Lipinski definition) is 2. The summed E-state index contributed by atoms with van der Waals surface area (Å²) in [4.78, 5) is 7.15. The molecule has 0 spiro atoms. The van der Waals surface area contributed by atoms with Crippen LogP contribution < -0.4 is 24.8 Å². The van der Waals surface area contributed by atoms with E-state index in [9.17, 15) is 0 Å². The van der Waals surface area contributed by atoms with E-state index in [1.165, 1.54) is 58.0 Å². The average molecular weight is 561 g/mol. The molecule has 3 rings (SSSR count). The lowest BCUT2D eigenvalue weighted by Crippen LogP contribution is -2.51. The molecule has 182 valence electrons. The van der Waals surface area contributed by atoms with E-state index in [4.69, 9.17) is 14.2 Å². The van der Waals surface area contributed by atoms with Gasteiger partial charge in [0.05, 0.1) is 21.3 Å². The van der Waals surface area contributed by atoms with Crippen LogP contribution in [0.25, 0.3) is 0 Å². The van der Waals surface area contributed by atoms with Crippen molar-refractivity contribution in [1.82, 2.24) is 15.5 Å². The molecule has 1 aromatic rings. The Kier molecular flexibility index (Phi) is 11.7. The molecule has 0 unspecified atom stereocenters. The first-order valence-electron chi connectivity index (χ1n) is 11.7. The van der Waals surface area contributed by atoms with Crippen molar-refractivity contribution in [2.24, 2.45) is 4.99 Å². The lowest BCUT2D eigenvalue weighted by molar-refractivity contribution is 0.119. The lowest BCUT2D eigenvalue weighted by atomic mass is 9.92. The van der Waals surface area contributed by atoms with Crippen LogP contribution in [0.5, 0.6) is 17.2 Å². The van der Waals surface area contributed by atoms with Gasteiger partial charge < -0.3 is 29.7 Å². The van der Waals surface area contributed by atoms with Gasteiger partial charge in [0, 0.05) is 56.5 Å². The van der Waals surface area contributed by atoms with Crippen molar-refractivity contribution in [2.45, 2.75) is 63.5 Å². The number of nitrogens with zero attached hydrogens (tertiary/aromatic N) is 2. The van der Waals surface area contributed by atoms with Crippen molar-refractivity contribution in [3.63, 3.8) is 0 Å². The van der Waals surface area contributed by atoms with Crippen LogP contribution >= 0.6 is 24.0 Å². The summed E-state index contributed by atoms with van der Waals surface area (Å²) in [7, 11) is 6.82. The highest BCUT2D eigenvalue weighted by Crippen LogP contribution is 2.34. The van der Waals surface area contributed by atoms with Gasteiger partial charge in [-0.2, -0.15) is 0 Å². The summed E-state index contributed by atoms with van der Waals surface area (Å²) >= 11 is 0. The average Bonchev–Trinajstić information content (AvgIpc) is 2.84. The van der Waals surface area contributed by atoms with Gasteiger partial charge in [-0.1, -0.05) is 19.3 Å². The normalized spacial score (nSPS) is 18.6.